The molecule has 1 aromatic carbocycles. The molecule has 0 aromatic heterocycles. The van der Waals surface area contributed by atoms with Crippen molar-refractivity contribution in [3.05, 3.63) is 23.8 Å². The normalized spacial score (nSPS) is 19.6. The molecule has 1 amide bonds. The van der Waals surface area contributed by atoms with Crippen LogP contribution in [0, 0.1) is 5.41 Å². The van der Waals surface area contributed by atoms with Gasteiger partial charge < -0.3 is 20.5 Å². The Balaban J connectivity index is 1.74. The number of benzene rings is 1. The number of rotatable bonds is 3. The molecule has 1 aromatic rings. The Kier molecular flexibility index (Phi) is 2.72. The van der Waals surface area contributed by atoms with Gasteiger partial charge in [0.25, 0.3) is 0 Å². The van der Waals surface area contributed by atoms with Crippen LogP contribution < -0.4 is 15.8 Å². The molecule has 18 heavy (non-hydrogen) atoms. The minimum atomic E-state index is -0.546. The SMILES string of the molecule is NCC1(C(=O)Nc2ccc3c(c2)CCO3)COC1. The van der Waals surface area contributed by atoms with Crippen LogP contribution in [0.4, 0.5) is 5.69 Å². The molecule has 2 heterocycles. The van der Waals surface area contributed by atoms with E-state index in [1.165, 1.54) is 0 Å². The average Bonchev–Trinajstić information content (AvgIpc) is 2.75. The minimum Gasteiger partial charge on any atom is -0.493 e. The molecule has 3 N–H and O–H groups in total. The summed E-state index contributed by atoms with van der Waals surface area (Å²) in [5.41, 5.74) is 7.04. The lowest BCUT2D eigenvalue weighted by atomic mass is 9.85. The first-order valence-electron chi connectivity index (χ1n) is 6.08. The van der Waals surface area contributed by atoms with Gasteiger partial charge in [0.05, 0.1) is 19.8 Å². The van der Waals surface area contributed by atoms with Gasteiger partial charge in [0, 0.05) is 18.7 Å². The second-order valence-corrected chi connectivity index (χ2v) is 4.85. The Labute approximate surface area is 105 Å². The van der Waals surface area contributed by atoms with Gasteiger partial charge in [0.1, 0.15) is 11.2 Å². The number of hydrogen-bond donors (Lipinski definition) is 2. The highest BCUT2D eigenvalue weighted by Crippen LogP contribution is 2.31. The average molecular weight is 248 g/mol. The van der Waals surface area contributed by atoms with Crippen molar-refractivity contribution < 1.29 is 14.3 Å². The molecular weight excluding hydrogens is 232 g/mol. The summed E-state index contributed by atoms with van der Waals surface area (Å²) < 4.78 is 10.5. The van der Waals surface area contributed by atoms with Crippen molar-refractivity contribution in [3.63, 3.8) is 0 Å². The summed E-state index contributed by atoms with van der Waals surface area (Å²) in [5, 5.41) is 2.91. The largest absolute Gasteiger partial charge is 0.493 e. The van der Waals surface area contributed by atoms with Crippen molar-refractivity contribution in [2.75, 3.05) is 31.7 Å². The standard InChI is InChI=1S/C13H16N2O3/c14-6-13(7-17-8-13)12(16)15-10-1-2-11-9(5-10)3-4-18-11/h1-2,5H,3-4,6-8,14H2,(H,15,16). The maximum atomic E-state index is 12.1. The van der Waals surface area contributed by atoms with Gasteiger partial charge in [-0.15, -0.1) is 0 Å². The molecule has 5 heteroatoms. The van der Waals surface area contributed by atoms with Crippen molar-refractivity contribution in [1.29, 1.82) is 0 Å². The number of carbonyl (C=O) groups excluding carboxylic acids is 1. The molecule has 0 atom stereocenters. The van der Waals surface area contributed by atoms with Gasteiger partial charge in [-0.2, -0.15) is 0 Å². The molecule has 0 unspecified atom stereocenters. The van der Waals surface area contributed by atoms with Crippen LogP contribution >= 0.6 is 0 Å². The van der Waals surface area contributed by atoms with Crippen molar-refractivity contribution in [2.45, 2.75) is 6.42 Å². The minimum absolute atomic E-state index is 0.0601. The lowest BCUT2D eigenvalue weighted by molar-refractivity contribution is -0.153. The molecule has 0 radical (unpaired) electrons. The van der Waals surface area contributed by atoms with Gasteiger partial charge in [-0.25, -0.2) is 0 Å². The highest BCUT2D eigenvalue weighted by atomic mass is 16.5. The highest BCUT2D eigenvalue weighted by molar-refractivity contribution is 5.96. The first kappa shape index (κ1) is 11.5. The molecular formula is C13H16N2O3. The first-order valence-corrected chi connectivity index (χ1v) is 6.08. The number of anilines is 1. The molecule has 0 bridgehead atoms. The van der Waals surface area contributed by atoms with Gasteiger partial charge >= 0.3 is 0 Å². The zero-order chi connectivity index (χ0) is 12.6. The van der Waals surface area contributed by atoms with E-state index >= 15 is 0 Å². The number of nitrogens with one attached hydrogen (secondary N) is 1. The number of hydrogen-bond acceptors (Lipinski definition) is 4. The maximum absolute atomic E-state index is 12.1. The van der Waals surface area contributed by atoms with Gasteiger partial charge in [0.2, 0.25) is 5.91 Å². The van der Waals surface area contributed by atoms with Crippen molar-refractivity contribution in [2.24, 2.45) is 11.1 Å². The van der Waals surface area contributed by atoms with E-state index < -0.39 is 5.41 Å². The molecule has 2 aliphatic heterocycles. The molecule has 2 aliphatic rings. The number of nitrogens with two attached hydrogens (primary N) is 1. The molecule has 1 fully saturated rings. The quantitative estimate of drug-likeness (QED) is 0.818. The van der Waals surface area contributed by atoms with E-state index in [0.29, 0.717) is 26.4 Å². The summed E-state index contributed by atoms with van der Waals surface area (Å²) in [7, 11) is 0. The topological polar surface area (TPSA) is 73.6 Å². The Morgan fingerprint density at radius 3 is 2.94 bits per heavy atom. The van der Waals surface area contributed by atoms with Gasteiger partial charge in [-0.1, -0.05) is 0 Å². The maximum Gasteiger partial charge on any atom is 0.236 e. The lowest BCUT2D eigenvalue weighted by Crippen LogP contribution is -2.56. The number of carbonyl (C=O) groups is 1. The smallest absolute Gasteiger partial charge is 0.236 e. The summed E-state index contributed by atoms with van der Waals surface area (Å²) in [6.45, 7) is 1.84. The Morgan fingerprint density at radius 1 is 1.44 bits per heavy atom. The molecule has 5 nitrogen and oxygen atoms in total. The molecule has 0 aliphatic carbocycles. The summed E-state index contributed by atoms with van der Waals surface area (Å²) in [5.74, 6) is 0.851. The number of ether oxygens (including phenoxy) is 2. The van der Waals surface area contributed by atoms with Crippen LogP contribution in [0.25, 0.3) is 0 Å². The fourth-order valence-electron chi connectivity index (χ4n) is 2.22. The lowest BCUT2D eigenvalue weighted by Gasteiger charge is -2.38. The molecule has 3 rings (SSSR count). The third-order valence-corrected chi connectivity index (χ3v) is 3.58. The van der Waals surface area contributed by atoms with E-state index in [4.69, 9.17) is 15.2 Å². The fraction of sp³-hybridized carbons (Fsp3) is 0.462. The van der Waals surface area contributed by atoms with E-state index in [1.807, 2.05) is 18.2 Å². The second-order valence-electron chi connectivity index (χ2n) is 4.85. The van der Waals surface area contributed by atoms with E-state index in [0.717, 1.165) is 23.4 Å². The number of fused-ring (bicyclic) bond motifs is 1. The van der Waals surface area contributed by atoms with Crippen LogP contribution in [0.3, 0.4) is 0 Å². The van der Waals surface area contributed by atoms with Crippen LogP contribution in [0.1, 0.15) is 5.56 Å². The van der Waals surface area contributed by atoms with Gasteiger partial charge in [0.15, 0.2) is 0 Å². The highest BCUT2D eigenvalue weighted by Gasteiger charge is 2.44. The van der Waals surface area contributed by atoms with Crippen LogP contribution in [0.2, 0.25) is 0 Å². The predicted molar refractivity (Wildman–Crippen MR) is 66.6 cm³/mol. The predicted octanol–water partition coefficient (Wildman–Crippen LogP) is 0.535. The molecule has 1 saturated heterocycles. The summed E-state index contributed by atoms with van der Waals surface area (Å²) >= 11 is 0. The van der Waals surface area contributed by atoms with Crippen molar-refractivity contribution in [1.82, 2.24) is 0 Å². The van der Waals surface area contributed by atoms with Crippen LogP contribution in [-0.2, 0) is 16.0 Å². The third kappa shape index (κ3) is 1.76. The summed E-state index contributed by atoms with van der Waals surface area (Å²) in [6, 6.07) is 5.71. The van der Waals surface area contributed by atoms with Crippen LogP contribution in [0.15, 0.2) is 18.2 Å². The number of amides is 1. The zero-order valence-corrected chi connectivity index (χ0v) is 10.1. The van der Waals surface area contributed by atoms with Gasteiger partial charge in [-0.05, 0) is 23.8 Å². The monoisotopic (exact) mass is 248 g/mol. The van der Waals surface area contributed by atoms with E-state index in [9.17, 15) is 4.79 Å². The molecule has 96 valence electrons. The van der Waals surface area contributed by atoms with E-state index in [2.05, 4.69) is 5.32 Å². The van der Waals surface area contributed by atoms with Crippen molar-refractivity contribution in [3.8, 4) is 5.75 Å². The molecule has 0 saturated carbocycles. The second kappa shape index (κ2) is 4.26. The summed E-state index contributed by atoms with van der Waals surface area (Å²) in [4.78, 5) is 12.1. The third-order valence-electron chi connectivity index (χ3n) is 3.58. The Morgan fingerprint density at radius 2 is 2.28 bits per heavy atom. The fourth-order valence-corrected chi connectivity index (χ4v) is 2.22. The zero-order valence-electron chi connectivity index (χ0n) is 10.1. The summed E-state index contributed by atoms with van der Waals surface area (Å²) in [6.07, 6.45) is 0.893. The van der Waals surface area contributed by atoms with Crippen LogP contribution in [0.5, 0.6) is 5.75 Å². The Bertz CT molecular complexity index is 478. The molecule has 0 spiro atoms. The van der Waals surface area contributed by atoms with Crippen molar-refractivity contribution >= 4 is 11.6 Å². The Hall–Kier alpha value is -1.59. The van der Waals surface area contributed by atoms with E-state index in [-0.39, 0.29) is 5.91 Å². The van der Waals surface area contributed by atoms with Crippen LogP contribution in [-0.4, -0.2) is 32.3 Å². The first-order chi connectivity index (χ1) is 8.73. The van der Waals surface area contributed by atoms with E-state index in [1.54, 1.807) is 0 Å². The van der Waals surface area contributed by atoms with Gasteiger partial charge in [-0.3, -0.25) is 4.79 Å².